The SMILES string of the molecule is COC(=O)Cc1ccc(Oc2nc(-c3cncs3)nc3c2CCC3)cc1. The molecule has 1 aliphatic carbocycles. The first-order chi connectivity index (χ1) is 12.7. The van der Waals surface area contributed by atoms with Crippen LogP contribution in [-0.2, 0) is 28.8 Å². The molecule has 6 nitrogen and oxygen atoms in total. The van der Waals surface area contributed by atoms with Crippen LogP contribution < -0.4 is 4.74 Å². The van der Waals surface area contributed by atoms with E-state index in [1.807, 2.05) is 24.3 Å². The van der Waals surface area contributed by atoms with Gasteiger partial charge in [-0.1, -0.05) is 12.1 Å². The van der Waals surface area contributed by atoms with Crippen LogP contribution in [0, 0.1) is 0 Å². The van der Waals surface area contributed by atoms with Crippen molar-refractivity contribution >= 4 is 17.3 Å². The third-order valence-corrected chi connectivity index (χ3v) is 5.03. The van der Waals surface area contributed by atoms with Gasteiger partial charge in [0.05, 0.1) is 29.6 Å². The Balaban J connectivity index is 1.61. The number of methoxy groups -OCH3 is 1. The molecule has 0 N–H and O–H groups in total. The number of aromatic nitrogens is 3. The van der Waals surface area contributed by atoms with Crippen LogP contribution in [0.3, 0.4) is 0 Å². The molecular weight excluding hydrogens is 350 g/mol. The molecule has 0 aliphatic heterocycles. The van der Waals surface area contributed by atoms with Crippen LogP contribution in [0.2, 0.25) is 0 Å². The number of benzene rings is 1. The van der Waals surface area contributed by atoms with Crippen molar-refractivity contribution < 1.29 is 14.3 Å². The molecule has 0 saturated heterocycles. The molecule has 1 aromatic carbocycles. The fourth-order valence-corrected chi connectivity index (χ4v) is 3.50. The van der Waals surface area contributed by atoms with Crippen LogP contribution in [0.15, 0.2) is 36.0 Å². The highest BCUT2D eigenvalue weighted by Gasteiger charge is 2.22. The molecule has 3 aromatic rings. The second-order valence-electron chi connectivity index (χ2n) is 6.00. The van der Waals surface area contributed by atoms with Gasteiger partial charge in [0.2, 0.25) is 5.88 Å². The zero-order chi connectivity index (χ0) is 17.9. The van der Waals surface area contributed by atoms with Gasteiger partial charge in [-0.3, -0.25) is 9.78 Å². The number of aryl methyl sites for hydroxylation is 1. The van der Waals surface area contributed by atoms with Crippen molar-refractivity contribution in [1.29, 1.82) is 0 Å². The molecular formula is C19H17N3O3S. The molecule has 7 heteroatoms. The van der Waals surface area contributed by atoms with E-state index < -0.39 is 0 Å². The van der Waals surface area contributed by atoms with Gasteiger partial charge < -0.3 is 9.47 Å². The Labute approximate surface area is 154 Å². The van der Waals surface area contributed by atoms with Gasteiger partial charge in [-0.2, -0.15) is 4.98 Å². The molecule has 0 fully saturated rings. The van der Waals surface area contributed by atoms with Crippen LogP contribution in [0.25, 0.3) is 10.7 Å². The molecule has 0 spiro atoms. The number of rotatable bonds is 5. The molecule has 0 atom stereocenters. The van der Waals surface area contributed by atoms with Gasteiger partial charge in [0.15, 0.2) is 5.82 Å². The quantitative estimate of drug-likeness (QED) is 0.642. The average Bonchev–Trinajstić information content (AvgIpc) is 3.34. The first kappa shape index (κ1) is 16.7. The third-order valence-electron chi connectivity index (χ3n) is 4.26. The fraction of sp³-hybridized carbons (Fsp3) is 0.263. The number of hydrogen-bond acceptors (Lipinski definition) is 7. The standard InChI is InChI=1S/C19H17N3O3S/c1-24-17(23)9-12-5-7-13(8-6-12)25-19-14-3-2-4-15(14)21-18(22-19)16-10-20-11-26-16/h5-8,10-11H,2-4,9H2,1H3. The molecule has 1 aliphatic rings. The third kappa shape index (κ3) is 3.43. The summed E-state index contributed by atoms with van der Waals surface area (Å²) in [6.45, 7) is 0. The van der Waals surface area contributed by atoms with Gasteiger partial charge in [0, 0.05) is 11.8 Å². The van der Waals surface area contributed by atoms with E-state index in [1.165, 1.54) is 18.4 Å². The van der Waals surface area contributed by atoms with Gasteiger partial charge in [-0.25, -0.2) is 4.98 Å². The molecule has 0 radical (unpaired) electrons. The normalized spacial score (nSPS) is 12.7. The van der Waals surface area contributed by atoms with Crippen molar-refractivity contribution in [3.05, 3.63) is 52.8 Å². The minimum absolute atomic E-state index is 0.245. The van der Waals surface area contributed by atoms with E-state index in [1.54, 1.807) is 11.7 Å². The minimum Gasteiger partial charge on any atom is -0.469 e. The van der Waals surface area contributed by atoms with E-state index in [-0.39, 0.29) is 12.4 Å². The van der Waals surface area contributed by atoms with Crippen molar-refractivity contribution in [1.82, 2.24) is 15.0 Å². The van der Waals surface area contributed by atoms with E-state index in [9.17, 15) is 4.79 Å². The lowest BCUT2D eigenvalue weighted by molar-refractivity contribution is -0.139. The van der Waals surface area contributed by atoms with Gasteiger partial charge >= 0.3 is 5.97 Å². The topological polar surface area (TPSA) is 74.2 Å². The van der Waals surface area contributed by atoms with Gasteiger partial charge in [0.1, 0.15) is 5.75 Å². The number of nitrogens with zero attached hydrogens (tertiary/aromatic N) is 3. The monoisotopic (exact) mass is 367 g/mol. The largest absolute Gasteiger partial charge is 0.469 e. The maximum absolute atomic E-state index is 11.4. The highest BCUT2D eigenvalue weighted by molar-refractivity contribution is 7.13. The first-order valence-electron chi connectivity index (χ1n) is 8.35. The number of carbonyl (C=O) groups excluding carboxylic acids is 1. The Kier molecular flexibility index (Phi) is 4.62. The summed E-state index contributed by atoms with van der Waals surface area (Å²) in [7, 11) is 1.39. The molecule has 2 aromatic heterocycles. The summed E-state index contributed by atoms with van der Waals surface area (Å²) >= 11 is 1.51. The lowest BCUT2D eigenvalue weighted by Gasteiger charge is -2.11. The summed E-state index contributed by atoms with van der Waals surface area (Å²) in [5.74, 6) is 1.69. The Hall–Kier alpha value is -2.80. The van der Waals surface area contributed by atoms with Crippen LogP contribution in [0.5, 0.6) is 11.6 Å². The zero-order valence-corrected chi connectivity index (χ0v) is 15.1. The van der Waals surface area contributed by atoms with Gasteiger partial charge in [-0.05, 0) is 37.0 Å². The van der Waals surface area contributed by atoms with Crippen LogP contribution in [0.1, 0.15) is 23.2 Å². The van der Waals surface area contributed by atoms with E-state index in [0.29, 0.717) is 17.5 Å². The van der Waals surface area contributed by atoms with E-state index in [4.69, 9.17) is 4.74 Å². The fourth-order valence-electron chi connectivity index (χ4n) is 2.94. The summed E-state index contributed by atoms with van der Waals surface area (Å²) in [5.41, 5.74) is 4.78. The molecule has 0 amide bonds. The van der Waals surface area contributed by atoms with Crippen LogP contribution in [-0.4, -0.2) is 28.0 Å². The second-order valence-corrected chi connectivity index (χ2v) is 6.88. The van der Waals surface area contributed by atoms with Gasteiger partial charge in [0.25, 0.3) is 0 Å². The Morgan fingerprint density at radius 2 is 2.04 bits per heavy atom. The summed E-state index contributed by atoms with van der Waals surface area (Å²) in [5, 5.41) is 0. The van der Waals surface area contributed by atoms with Crippen molar-refractivity contribution in [2.75, 3.05) is 7.11 Å². The average molecular weight is 367 g/mol. The van der Waals surface area contributed by atoms with Crippen molar-refractivity contribution in [2.24, 2.45) is 0 Å². The number of esters is 1. The zero-order valence-electron chi connectivity index (χ0n) is 14.3. The van der Waals surface area contributed by atoms with E-state index >= 15 is 0 Å². The second kappa shape index (κ2) is 7.21. The van der Waals surface area contributed by atoms with Crippen molar-refractivity contribution in [2.45, 2.75) is 25.7 Å². The predicted molar refractivity (Wildman–Crippen MR) is 97.4 cm³/mol. The molecule has 0 saturated carbocycles. The summed E-state index contributed by atoms with van der Waals surface area (Å²) < 4.78 is 10.8. The number of carbonyl (C=O) groups is 1. The molecule has 2 heterocycles. The highest BCUT2D eigenvalue weighted by Crippen LogP contribution is 2.34. The lowest BCUT2D eigenvalue weighted by Crippen LogP contribution is -2.04. The first-order valence-corrected chi connectivity index (χ1v) is 9.23. The van der Waals surface area contributed by atoms with Crippen molar-refractivity contribution in [3.63, 3.8) is 0 Å². The van der Waals surface area contributed by atoms with Crippen molar-refractivity contribution in [3.8, 4) is 22.3 Å². The Bertz CT molecular complexity index is 924. The number of fused-ring (bicyclic) bond motifs is 1. The van der Waals surface area contributed by atoms with Crippen LogP contribution >= 0.6 is 11.3 Å². The maximum Gasteiger partial charge on any atom is 0.309 e. The van der Waals surface area contributed by atoms with E-state index in [2.05, 4.69) is 19.7 Å². The summed E-state index contributed by atoms with van der Waals surface area (Å²) in [6, 6.07) is 7.40. The number of thiazole rings is 1. The molecule has 132 valence electrons. The summed E-state index contributed by atoms with van der Waals surface area (Å²) in [4.78, 5) is 25.7. The predicted octanol–water partition coefficient (Wildman–Crippen LogP) is 3.60. The lowest BCUT2D eigenvalue weighted by atomic mass is 10.1. The Morgan fingerprint density at radius 1 is 1.19 bits per heavy atom. The van der Waals surface area contributed by atoms with Crippen LogP contribution in [0.4, 0.5) is 0 Å². The van der Waals surface area contributed by atoms with E-state index in [0.717, 1.165) is 41.0 Å². The molecule has 4 rings (SSSR count). The highest BCUT2D eigenvalue weighted by atomic mass is 32.1. The number of hydrogen-bond donors (Lipinski definition) is 0. The number of ether oxygens (including phenoxy) is 2. The maximum atomic E-state index is 11.4. The molecule has 26 heavy (non-hydrogen) atoms. The summed E-state index contributed by atoms with van der Waals surface area (Å²) in [6.07, 6.45) is 4.94. The smallest absolute Gasteiger partial charge is 0.309 e. The Morgan fingerprint density at radius 3 is 2.77 bits per heavy atom. The van der Waals surface area contributed by atoms with Gasteiger partial charge in [-0.15, -0.1) is 11.3 Å². The molecule has 0 bridgehead atoms. The molecule has 0 unspecified atom stereocenters. The minimum atomic E-state index is -0.263.